The van der Waals surface area contributed by atoms with E-state index >= 15 is 0 Å². The number of fused-ring (bicyclic) bond motifs is 1. The van der Waals surface area contributed by atoms with Gasteiger partial charge in [-0.05, 0) is 39.2 Å². The number of hydrogen-bond donors (Lipinski definition) is 3. The molecule has 3 N–H and O–H groups in total. The van der Waals surface area contributed by atoms with Crippen molar-refractivity contribution in [2.45, 2.75) is 45.2 Å². The van der Waals surface area contributed by atoms with Crippen LogP contribution in [0.15, 0.2) is 18.5 Å². The Kier molecular flexibility index (Phi) is 4.64. The van der Waals surface area contributed by atoms with E-state index < -0.39 is 12.1 Å². The number of pyridine rings is 1. The zero-order valence-electron chi connectivity index (χ0n) is 13.9. The van der Waals surface area contributed by atoms with E-state index in [1.54, 1.807) is 12.4 Å². The minimum absolute atomic E-state index is 0.130. The maximum Gasteiger partial charge on any atom is 0.319 e. The first-order valence-corrected chi connectivity index (χ1v) is 8.23. The summed E-state index contributed by atoms with van der Waals surface area (Å²) in [4.78, 5) is 28.4. The van der Waals surface area contributed by atoms with E-state index in [4.69, 9.17) is 0 Å². The number of carbonyl (C=O) groups excluding carboxylic acids is 2. The van der Waals surface area contributed by atoms with E-state index in [1.165, 1.54) is 0 Å². The summed E-state index contributed by atoms with van der Waals surface area (Å²) in [5.74, 6) is -0.130. The first kappa shape index (κ1) is 16.2. The number of urea groups is 1. The lowest BCUT2D eigenvalue weighted by molar-refractivity contribution is -0.122. The number of amides is 3. The molecule has 0 unspecified atom stereocenters. The van der Waals surface area contributed by atoms with Crippen LogP contribution >= 0.6 is 0 Å². The number of nitrogens with zero attached hydrogens (tertiary/aromatic N) is 3. The fourth-order valence-electron chi connectivity index (χ4n) is 2.79. The van der Waals surface area contributed by atoms with Crippen molar-refractivity contribution < 1.29 is 9.59 Å². The van der Waals surface area contributed by atoms with Crippen molar-refractivity contribution in [3.63, 3.8) is 0 Å². The molecule has 3 rings (SSSR count). The van der Waals surface area contributed by atoms with Gasteiger partial charge in [-0.3, -0.25) is 4.79 Å². The van der Waals surface area contributed by atoms with Crippen molar-refractivity contribution in [1.29, 1.82) is 0 Å². The Hall–Kier alpha value is -2.64. The van der Waals surface area contributed by atoms with Crippen molar-refractivity contribution in [3.8, 4) is 0 Å². The Morgan fingerprint density at radius 3 is 3.00 bits per heavy atom. The fraction of sp³-hybridized carbons (Fsp3) is 0.500. The summed E-state index contributed by atoms with van der Waals surface area (Å²) in [7, 11) is 0. The molecule has 0 aromatic carbocycles. The fourth-order valence-corrected chi connectivity index (χ4v) is 2.79. The third-order valence-electron chi connectivity index (χ3n) is 4.02. The number of anilines is 1. The van der Waals surface area contributed by atoms with E-state index in [9.17, 15) is 9.59 Å². The van der Waals surface area contributed by atoms with Crippen LogP contribution in [0.1, 0.15) is 39.2 Å². The minimum Gasteiger partial charge on any atom is -0.354 e. The molecule has 128 valence electrons. The normalized spacial score (nSPS) is 18.3. The van der Waals surface area contributed by atoms with Crippen molar-refractivity contribution >= 4 is 28.7 Å². The Labute approximate surface area is 140 Å². The highest BCUT2D eigenvalue weighted by molar-refractivity contribution is 5.94. The molecule has 0 radical (unpaired) electrons. The van der Waals surface area contributed by atoms with Crippen molar-refractivity contribution in [1.82, 2.24) is 25.4 Å². The summed E-state index contributed by atoms with van der Waals surface area (Å²) in [5, 5.41) is 13.4. The van der Waals surface area contributed by atoms with Gasteiger partial charge in [-0.15, -0.1) is 0 Å². The van der Waals surface area contributed by atoms with Gasteiger partial charge in [0.15, 0.2) is 5.65 Å². The van der Waals surface area contributed by atoms with Crippen LogP contribution in [0.4, 0.5) is 10.5 Å². The lowest BCUT2D eigenvalue weighted by Crippen LogP contribution is -2.47. The highest BCUT2D eigenvalue weighted by Crippen LogP contribution is 2.19. The van der Waals surface area contributed by atoms with Crippen LogP contribution in [0.3, 0.4) is 0 Å². The predicted octanol–water partition coefficient (Wildman–Crippen LogP) is 1.80. The molecular weight excluding hydrogens is 308 g/mol. The van der Waals surface area contributed by atoms with Crippen LogP contribution in [0, 0.1) is 0 Å². The quantitative estimate of drug-likeness (QED) is 0.799. The topological polar surface area (TPSA) is 101 Å². The zero-order valence-corrected chi connectivity index (χ0v) is 13.9. The highest BCUT2D eigenvalue weighted by atomic mass is 16.2. The van der Waals surface area contributed by atoms with Gasteiger partial charge < -0.3 is 16.0 Å². The van der Waals surface area contributed by atoms with E-state index in [2.05, 4.69) is 26.0 Å². The van der Waals surface area contributed by atoms with Gasteiger partial charge in [0.25, 0.3) is 0 Å². The monoisotopic (exact) mass is 330 g/mol. The molecule has 1 saturated heterocycles. The Balaban J connectivity index is 1.67. The largest absolute Gasteiger partial charge is 0.354 e. The first-order valence-electron chi connectivity index (χ1n) is 8.23. The lowest BCUT2D eigenvalue weighted by atomic mass is 10.1. The van der Waals surface area contributed by atoms with E-state index in [1.807, 2.05) is 24.6 Å². The van der Waals surface area contributed by atoms with E-state index in [0.717, 1.165) is 23.9 Å². The summed E-state index contributed by atoms with van der Waals surface area (Å²) in [5.41, 5.74) is 1.34. The van der Waals surface area contributed by atoms with Crippen LogP contribution < -0.4 is 16.0 Å². The van der Waals surface area contributed by atoms with Gasteiger partial charge in [0.05, 0.1) is 18.1 Å². The average molecular weight is 330 g/mol. The molecule has 3 heterocycles. The number of carbonyl (C=O) groups is 2. The van der Waals surface area contributed by atoms with Gasteiger partial charge in [-0.2, -0.15) is 5.10 Å². The van der Waals surface area contributed by atoms with Crippen molar-refractivity contribution in [3.05, 3.63) is 18.5 Å². The van der Waals surface area contributed by atoms with Crippen LogP contribution in [0.2, 0.25) is 0 Å². The van der Waals surface area contributed by atoms with Gasteiger partial charge in [0.2, 0.25) is 5.91 Å². The van der Waals surface area contributed by atoms with Crippen molar-refractivity contribution in [2.75, 3.05) is 11.9 Å². The molecule has 1 aliphatic heterocycles. The van der Waals surface area contributed by atoms with Crippen LogP contribution in [-0.4, -0.2) is 39.3 Å². The number of aromatic nitrogens is 3. The summed E-state index contributed by atoms with van der Waals surface area (Å²) in [6.45, 7) is 4.73. The number of nitrogens with one attached hydrogen (secondary N) is 3. The van der Waals surface area contributed by atoms with E-state index in [0.29, 0.717) is 18.7 Å². The second-order valence-corrected chi connectivity index (χ2v) is 6.26. The third-order valence-corrected chi connectivity index (χ3v) is 4.02. The maximum atomic E-state index is 12.1. The molecule has 1 aliphatic rings. The third kappa shape index (κ3) is 3.47. The Morgan fingerprint density at radius 2 is 2.21 bits per heavy atom. The Bertz CT molecular complexity index is 754. The molecule has 2 aromatic heterocycles. The number of hydrogen-bond acceptors (Lipinski definition) is 4. The standard InChI is InChI=1S/C16H22N6O2/c1-10(2)22-14-11(8-19-22)7-12(9-18-14)20-16(24)21-13-5-3-4-6-17-15(13)23/h7-10,13H,3-6H2,1-2H3,(H,17,23)(H2,20,21,24)/t13-/m1/s1. The van der Waals surface area contributed by atoms with E-state index in [-0.39, 0.29) is 11.9 Å². The van der Waals surface area contributed by atoms with Gasteiger partial charge in [-0.1, -0.05) is 0 Å². The molecule has 1 atom stereocenters. The second kappa shape index (κ2) is 6.86. The molecule has 0 bridgehead atoms. The highest BCUT2D eigenvalue weighted by Gasteiger charge is 2.22. The lowest BCUT2D eigenvalue weighted by Gasteiger charge is -2.15. The summed E-state index contributed by atoms with van der Waals surface area (Å²) >= 11 is 0. The molecule has 3 amide bonds. The molecule has 8 nitrogen and oxygen atoms in total. The zero-order chi connectivity index (χ0) is 17.1. The van der Waals surface area contributed by atoms with Crippen molar-refractivity contribution in [2.24, 2.45) is 0 Å². The van der Waals surface area contributed by atoms with Gasteiger partial charge in [0.1, 0.15) is 6.04 Å². The molecule has 0 aliphatic carbocycles. The predicted molar refractivity (Wildman–Crippen MR) is 90.7 cm³/mol. The molecule has 0 spiro atoms. The van der Waals surface area contributed by atoms with Gasteiger partial charge in [-0.25, -0.2) is 14.5 Å². The summed E-state index contributed by atoms with van der Waals surface area (Å²) in [6.07, 6.45) is 5.81. The second-order valence-electron chi connectivity index (χ2n) is 6.26. The van der Waals surface area contributed by atoms with Gasteiger partial charge >= 0.3 is 6.03 Å². The smallest absolute Gasteiger partial charge is 0.319 e. The van der Waals surface area contributed by atoms with Gasteiger partial charge in [0, 0.05) is 18.0 Å². The molecule has 0 saturated carbocycles. The maximum absolute atomic E-state index is 12.1. The molecular formula is C16H22N6O2. The molecule has 24 heavy (non-hydrogen) atoms. The molecule has 2 aromatic rings. The SMILES string of the molecule is CC(C)n1ncc2cc(NC(=O)N[C@@H]3CCCCNC3=O)cnc21. The first-order chi connectivity index (χ1) is 11.5. The van der Waals surface area contributed by atoms with Crippen LogP contribution in [0.25, 0.3) is 11.0 Å². The summed E-state index contributed by atoms with van der Waals surface area (Å²) < 4.78 is 1.83. The van der Waals surface area contributed by atoms with Crippen LogP contribution in [0.5, 0.6) is 0 Å². The average Bonchev–Trinajstić information content (AvgIpc) is 2.86. The van der Waals surface area contributed by atoms with Crippen LogP contribution in [-0.2, 0) is 4.79 Å². The molecule has 8 heteroatoms. The molecule has 1 fully saturated rings. The minimum atomic E-state index is -0.493. The Morgan fingerprint density at radius 1 is 1.38 bits per heavy atom. The number of rotatable bonds is 3. The summed E-state index contributed by atoms with van der Waals surface area (Å²) in [6, 6.07) is 1.13.